The molecule has 0 saturated heterocycles. The van der Waals surface area contributed by atoms with E-state index in [9.17, 15) is 9.59 Å². The zero-order valence-electron chi connectivity index (χ0n) is 16.6. The molecule has 0 spiro atoms. The summed E-state index contributed by atoms with van der Waals surface area (Å²) in [4.78, 5) is 28.5. The summed E-state index contributed by atoms with van der Waals surface area (Å²) in [5, 5.41) is 8.55. The van der Waals surface area contributed by atoms with Crippen molar-refractivity contribution in [3.63, 3.8) is 0 Å². The molecule has 0 fully saturated rings. The first-order valence-corrected chi connectivity index (χ1v) is 9.29. The van der Waals surface area contributed by atoms with Crippen molar-refractivity contribution in [3.05, 3.63) is 16.1 Å². The maximum atomic E-state index is 12.3. The molecule has 25 heavy (non-hydrogen) atoms. The number of thiazole rings is 1. The summed E-state index contributed by atoms with van der Waals surface area (Å²) in [7, 11) is 0. The molecule has 142 valence electrons. The Labute approximate surface area is 154 Å². The minimum atomic E-state index is -0.586. The van der Waals surface area contributed by atoms with E-state index in [1.54, 1.807) is 32.1 Å². The van der Waals surface area contributed by atoms with Crippen LogP contribution in [0.4, 0.5) is 4.79 Å². The first-order chi connectivity index (χ1) is 11.2. The highest BCUT2D eigenvalue weighted by atomic mass is 32.1. The van der Waals surface area contributed by atoms with Crippen LogP contribution in [0.3, 0.4) is 0 Å². The summed E-state index contributed by atoms with van der Waals surface area (Å²) in [6.45, 7) is 15.7. The summed E-state index contributed by atoms with van der Waals surface area (Å²) in [6, 6.07) is 0. The first kappa shape index (κ1) is 21.4. The third kappa shape index (κ3) is 8.34. The highest BCUT2D eigenvalue weighted by molar-refractivity contribution is 7.09. The number of hydrogen-bond donors (Lipinski definition) is 2. The van der Waals surface area contributed by atoms with Crippen LogP contribution in [0.15, 0.2) is 5.38 Å². The average Bonchev–Trinajstić information content (AvgIpc) is 2.82. The number of amides is 2. The molecule has 2 amide bonds. The lowest BCUT2D eigenvalue weighted by molar-refractivity contribution is -0.122. The molecule has 2 N–H and O–H groups in total. The molecule has 0 aliphatic carbocycles. The fraction of sp³-hybridized carbons (Fsp3) is 0.722. The van der Waals surface area contributed by atoms with E-state index in [4.69, 9.17) is 4.74 Å². The van der Waals surface area contributed by atoms with Crippen LogP contribution in [0.1, 0.15) is 66.1 Å². The van der Waals surface area contributed by atoms with Crippen molar-refractivity contribution in [2.45, 2.75) is 78.4 Å². The molecule has 0 aliphatic heterocycles. The van der Waals surface area contributed by atoms with Crippen LogP contribution in [0, 0.1) is 0 Å². The van der Waals surface area contributed by atoms with Crippen LogP contribution in [0.2, 0.25) is 0 Å². The van der Waals surface area contributed by atoms with E-state index in [2.05, 4.69) is 36.4 Å². The van der Waals surface area contributed by atoms with Gasteiger partial charge in [-0.25, -0.2) is 9.78 Å². The standard InChI is InChI=1S/C18H31N3O3S/c1-16(2,3)14-20-12(10-25-14)9-13(22)21-18(7,8)11-19-15(23)24-17(4,5)6/h10H,9,11H2,1-8H3,(H,19,23)(H,21,22). The number of carbonyl (C=O) groups is 2. The van der Waals surface area contributed by atoms with Gasteiger partial charge in [-0.3, -0.25) is 4.79 Å². The number of rotatable bonds is 5. The fourth-order valence-electron chi connectivity index (χ4n) is 1.97. The Morgan fingerprint density at radius 2 is 1.72 bits per heavy atom. The maximum Gasteiger partial charge on any atom is 0.407 e. The predicted octanol–water partition coefficient (Wildman–Crippen LogP) is 3.40. The van der Waals surface area contributed by atoms with Crippen molar-refractivity contribution in [1.29, 1.82) is 0 Å². The Hall–Kier alpha value is -1.63. The Morgan fingerprint density at radius 1 is 1.12 bits per heavy atom. The Bertz CT molecular complexity index is 610. The van der Waals surface area contributed by atoms with Crippen LogP contribution < -0.4 is 10.6 Å². The van der Waals surface area contributed by atoms with Crippen molar-refractivity contribution in [2.24, 2.45) is 0 Å². The smallest absolute Gasteiger partial charge is 0.407 e. The monoisotopic (exact) mass is 369 g/mol. The number of nitrogens with zero attached hydrogens (tertiary/aromatic N) is 1. The minimum absolute atomic E-state index is 0.0179. The summed E-state index contributed by atoms with van der Waals surface area (Å²) in [5.74, 6) is -0.123. The fourth-order valence-corrected chi connectivity index (χ4v) is 2.88. The van der Waals surface area contributed by atoms with Gasteiger partial charge in [0.2, 0.25) is 5.91 Å². The third-order valence-electron chi connectivity index (χ3n) is 3.09. The van der Waals surface area contributed by atoms with Gasteiger partial charge in [0.05, 0.1) is 22.7 Å². The van der Waals surface area contributed by atoms with E-state index >= 15 is 0 Å². The molecule has 0 atom stereocenters. The summed E-state index contributed by atoms with van der Waals surface area (Å²) >= 11 is 1.57. The van der Waals surface area contributed by atoms with Crippen molar-refractivity contribution in [3.8, 4) is 0 Å². The number of hydrogen-bond acceptors (Lipinski definition) is 5. The molecular weight excluding hydrogens is 338 g/mol. The Morgan fingerprint density at radius 3 is 2.20 bits per heavy atom. The first-order valence-electron chi connectivity index (χ1n) is 8.41. The molecule has 0 unspecified atom stereocenters. The summed E-state index contributed by atoms with van der Waals surface area (Å²) in [6.07, 6.45) is -0.272. The van der Waals surface area contributed by atoms with Crippen LogP contribution in [0.25, 0.3) is 0 Å². The van der Waals surface area contributed by atoms with Gasteiger partial charge in [0.25, 0.3) is 0 Å². The topological polar surface area (TPSA) is 80.3 Å². The number of aromatic nitrogens is 1. The second-order valence-corrected chi connectivity index (χ2v) is 9.72. The van der Waals surface area contributed by atoms with Gasteiger partial charge < -0.3 is 15.4 Å². The lowest BCUT2D eigenvalue weighted by Gasteiger charge is -2.27. The van der Waals surface area contributed by atoms with Gasteiger partial charge in [0.1, 0.15) is 5.60 Å². The predicted molar refractivity (Wildman–Crippen MR) is 101 cm³/mol. The van der Waals surface area contributed by atoms with Gasteiger partial charge in [-0.05, 0) is 34.6 Å². The molecule has 0 aliphatic rings. The molecule has 1 aromatic heterocycles. The van der Waals surface area contributed by atoms with Crippen LogP contribution in [0.5, 0.6) is 0 Å². The summed E-state index contributed by atoms with van der Waals surface area (Å²) in [5.41, 5.74) is -0.386. The van der Waals surface area contributed by atoms with Crippen molar-refractivity contribution in [2.75, 3.05) is 6.54 Å². The van der Waals surface area contributed by atoms with E-state index in [1.165, 1.54) is 0 Å². The average molecular weight is 370 g/mol. The molecule has 0 bridgehead atoms. The van der Waals surface area contributed by atoms with Crippen molar-refractivity contribution >= 4 is 23.3 Å². The zero-order chi connectivity index (χ0) is 19.5. The van der Waals surface area contributed by atoms with Crippen LogP contribution in [-0.2, 0) is 21.4 Å². The normalized spacial score (nSPS) is 12.6. The van der Waals surface area contributed by atoms with E-state index < -0.39 is 17.2 Å². The molecule has 6 nitrogen and oxygen atoms in total. The molecule has 7 heteroatoms. The largest absolute Gasteiger partial charge is 0.444 e. The van der Waals surface area contributed by atoms with Gasteiger partial charge >= 0.3 is 6.09 Å². The maximum absolute atomic E-state index is 12.3. The van der Waals surface area contributed by atoms with E-state index in [-0.39, 0.29) is 24.3 Å². The zero-order valence-corrected chi connectivity index (χ0v) is 17.4. The quantitative estimate of drug-likeness (QED) is 0.833. The molecular formula is C18H31N3O3S. The van der Waals surface area contributed by atoms with Crippen molar-refractivity contribution < 1.29 is 14.3 Å². The lowest BCUT2D eigenvalue weighted by Crippen LogP contribution is -2.52. The highest BCUT2D eigenvalue weighted by Crippen LogP contribution is 2.25. The second-order valence-electron chi connectivity index (χ2n) is 8.86. The molecule has 0 aromatic carbocycles. The van der Waals surface area contributed by atoms with Gasteiger partial charge in [0, 0.05) is 17.3 Å². The number of nitrogens with one attached hydrogen (secondary N) is 2. The van der Waals surface area contributed by atoms with Gasteiger partial charge in [-0.15, -0.1) is 11.3 Å². The number of ether oxygens (including phenoxy) is 1. The van der Waals surface area contributed by atoms with Gasteiger partial charge in [-0.2, -0.15) is 0 Å². The Balaban J connectivity index is 2.52. The molecule has 1 rings (SSSR count). The van der Waals surface area contributed by atoms with Gasteiger partial charge in [0.15, 0.2) is 0 Å². The van der Waals surface area contributed by atoms with Crippen LogP contribution in [-0.4, -0.2) is 34.7 Å². The number of carbonyl (C=O) groups excluding carboxylic acids is 2. The SMILES string of the molecule is CC(C)(CNC(=O)OC(C)(C)C)NC(=O)Cc1csc(C(C)(C)C)n1. The molecule has 1 heterocycles. The third-order valence-corrected chi connectivity index (χ3v) is 4.40. The van der Waals surface area contributed by atoms with E-state index in [0.717, 1.165) is 10.7 Å². The van der Waals surface area contributed by atoms with E-state index in [0.29, 0.717) is 0 Å². The van der Waals surface area contributed by atoms with Gasteiger partial charge in [-0.1, -0.05) is 20.8 Å². The van der Waals surface area contributed by atoms with Crippen LogP contribution >= 0.6 is 11.3 Å². The van der Waals surface area contributed by atoms with E-state index in [1.807, 2.05) is 19.2 Å². The lowest BCUT2D eigenvalue weighted by atomic mass is 9.98. The highest BCUT2D eigenvalue weighted by Gasteiger charge is 2.24. The molecule has 0 saturated carbocycles. The second kappa shape index (κ2) is 7.72. The Kier molecular flexibility index (Phi) is 6.61. The molecule has 1 aromatic rings. The number of alkyl carbamates (subject to hydrolysis) is 1. The van der Waals surface area contributed by atoms with Crippen molar-refractivity contribution in [1.82, 2.24) is 15.6 Å². The minimum Gasteiger partial charge on any atom is -0.444 e. The molecule has 0 radical (unpaired) electrons. The summed E-state index contributed by atoms with van der Waals surface area (Å²) < 4.78 is 5.20.